The normalized spacial score (nSPS) is 16.1. The summed E-state index contributed by atoms with van der Waals surface area (Å²) in [6, 6.07) is 2.00. The molecule has 1 aliphatic heterocycles. The van der Waals surface area contributed by atoms with Gasteiger partial charge in [0.05, 0.1) is 4.88 Å². The Kier molecular flexibility index (Phi) is 4.49. The number of nitrogens with zero attached hydrogens (tertiary/aromatic N) is 3. The highest BCUT2D eigenvalue weighted by molar-refractivity contribution is 7.13. The summed E-state index contributed by atoms with van der Waals surface area (Å²) in [4.78, 5) is 21.4. The van der Waals surface area contributed by atoms with Crippen LogP contribution in [-0.2, 0) is 6.54 Å². The first-order valence-electron chi connectivity index (χ1n) is 6.72. The number of nitrogen functional groups attached to an aromatic ring is 1. The van der Waals surface area contributed by atoms with Gasteiger partial charge in [-0.25, -0.2) is 10.8 Å². The molecular weight excluding hydrogens is 306 g/mol. The van der Waals surface area contributed by atoms with E-state index in [9.17, 15) is 4.79 Å². The minimum Gasteiger partial charge on any atom is -0.346 e. The number of hydrazine groups is 1. The summed E-state index contributed by atoms with van der Waals surface area (Å²) in [5.41, 5.74) is 3.26. The number of rotatable bonds is 4. The molecule has 1 amide bonds. The fraction of sp³-hybridized carbons (Fsp3) is 0.385. The van der Waals surface area contributed by atoms with Crippen LogP contribution in [0.25, 0.3) is 0 Å². The van der Waals surface area contributed by atoms with Crippen LogP contribution in [-0.4, -0.2) is 42.0 Å². The molecule has 6 nitrogen and oxygen atoms in total. The van der Waals surface area contributed by atoms with Gasteiger partial charge in [-0.15, -0.1) is 22.7 Å². The van der Waals surface area contributed by atoms with Crippen molar-refractivity contribution in [3.8, 4) is 0 Å². The van der Waals surface area contributed by atoms with E-state index in [-0.39, 0.29) is 5.91 Å². The number of nitrogens with two attached hydrogens (primary N) is 1. The molecule has 1 fully saturated rings. The molecule has 1 saturated heterocycles. The predicted octanol–water partition coefficient (Wildman–Crippen LogP) is 1.13. The molecule has 0 bridgehead atoms. The van der Waals surface area contributed by atoms with Crippen molar-refractivity contribution in [2.75, 3.05) is 31.1 Å². The summed E-state index contributed by atoms with van der Waals surface area (Å²) in [5.74, 6) is 5.01. The molecule has 2 aromatic heterocycles. The van der Waals surface area contributed by atoms with Crippen molar-refractivity contribution in [1.82, 2.24) is 15.3 Å². The maximum Gasteiger partial charge on any atom is 0.275 e. The number of anilines is 1. The molecule has 0 radical (unpaired) electrons. The van der Waals surface area contributed by atoms with Crippen molar-refractivity contribution < 1.29 is 4.79 Å². The largest absolute Gasteiger partial charge is 0.346 e. The van der Waals surface area contributed by atoms with Crippen molar-refractivity contribution >= 4 is 33.7 Å². The lowest BCUT2D eigenvalue weighted by atomic mass is 10.2. The Bertz CT molecular complexity index is 589. The van der Waals surface area contributed by atoms with Gasteiger partial charge in [-0.2, -0.15) is 0 Å². The summed E-state index contributed by atoms with van der Waals surface area (Å²) in [7, 11) is 0. The van der Waals surface area contributed by atoms with Crippen molar-refractivity contribution in [1.29, 1.82) is 0 Å². The van der Waals surface area contributed by atoms with Crippen LogP contribution < -0.4 is 16.2 Å². The molecular formula is C13H17N5OS2. The monoisotopic (exact) mass is 323 g/mol. The molecule has 0 aromatic carbocycles. The maximum atomic E-state index is 11.7. The fourth-order valence-corrected chi connectivity index (χ4v) is 3.95. The zero-order chi connectivity index (χ0) is 14.7. The second-order valence-corrected chi connectivity index (χ2v) is 6.62. The van der Waals surface area contributed by atoms with Crippen LogP contribution in [0, 0.1) is 0 Å². The number of amides is 1. The first-order chi connectivity index (χ1) is 10.3. The van der Waals surface area contributed by atoms with Crippen LogP contribution >= 0.6 is 22.7 Å². The molecule has 8 heteroatoms. The SMILES string of the molecule is NNC(=O)c1sccc1CN1CCN(c2nccs2)CC1. The average Bonchev–Trinajstić information content (AvgIpc) is 3.18. The molecule has 3 N–H and O–H groups in total. The summed E-state index contributed by atoms with van der Waals surface area (Å²) in [6.45, 7) is 4.67. The Morgan fingerprint density at radius 1 is 1.29 bits per heavy atom. The first-order valence-corrected chi connectivity index (χ1v) is 8.48. The zero-order valence-electron chi connectivity index (χ0n) is 11.5. The predicted molar refractivity (Wildman–Crippen MR) is 85.6 cm³/mol. The van der Waals surface area contributed by atoms with E-state index in [0.29, 0.717) is 4.88 Å². The molecule has 0 atom stereocenters. The summed E-state index contributed by atoms with van der Waals surface area (Å²) >= 11 is 3.11. The highest BCUT2D eigenvalue weighted by atomic mass is 32.1. The fourth-order valence-electron chi connectivity index (χ4n) is 2.44. The third-order valence-corrected chi connectivity index (χ3v) is 5.33. The van der Waals surface area contributed by atoms with Gasteiger partial charge in [0.25, 0.3) is 5.91 Å². The number of carbonyl (C=O) groups excluding carboxylic acids is 1. The van der Waals surface area contributed by atoms with Gasteiger partial charge in [0.1, 0.15) is 0 Å². The van der Waals surface area contributed by atoms with Crippen molar-refractivity contribution in [3.05, 3.63) is 33.5 Å². The minimum atomic E-state index is -0.207. The van der Waals surface area contributed by atoms with E-state index in [0.717, 1.165) is 43.4 Å². The molecule has 0 unspecified atom stereocenters. The van der Waals surface area contributed by atoms with E-state index in [4.69, 9.17) is 5.84 Å². The van der Waals surface area contributed by atoms with Gasteiger partial charge in [0, 0.05) is 44.3 Å². The van der Waals surface area contributed by atoms with Crippen molar-refractivity contribution in [2.45, 2.75) is 6.54 Å². The number of aromatic nitrogens is 1. The van der Waals surface area contributed by atoms with Gasteiger partial charge in [0.15, 0.2) is 5.13 Å². The molecule has 2 aromatic rings. The quantitative estimate of drug-likeness (QED) is 0.501. The minimum absolute atomic E-state index is 0.207. The Labute approximate surface area is 131 Å². The van der Waals surface area contributed by atoms with Gasteiger partial charge in [-0.05, 0) is 17.0 Å². The number of piperazine rings is 1. The number of hydrogen-bond acceptors (Lipinski definition) is 7. The first kappa shape index (κ1) is 14.5. The van der Waals surface area contributed by atoms with E-state index in [2.05, 4.69) is 20.2 Å². The molecule has 0 spiro atoms. The zero-order valence-corrected chi connectivity index (χ0v) is 13.1. The third kappa shape index (κ3) is 3.24. The highest BCUT2D eigenvalue weighted by Crippen LogP contribution is 2.22. The highest BCUT2D eigenvalue weighted by Gasteiger charge is 2.21. The van der Waals surface area contributed by atoms with Crippen LogP contribution in [0.3, 0.4) is 0 Å². The molecule has 0 aliphatic carbocycles. The summed E-state index contributed by atoms with van der Waals surface area (Å²) in [5, 5.41) is 5.03. The molecule has 112 valence electrons. The van der Waals surface area contributed by atoms with E-state index in [1.807, 2.05) is 23.0 Å². The van der Waals surface area contributed by atoms with Gasteiger partial charge in [-0.3, -0.25) is 15.1 Å². The van der Waals surface area contributed by atoms with Crippen molar-refractivity contribution in [3.63, 3.8) is 0 Å². The Hall–Kier alpha value is -1.48. The van der Waals surface area contributed by atoms with Gasteiger partial charge >= 0.3 is 0 Å². The lowest BCUT2D eigenvalue weighted by Gasteiger charge is -2.34. The lowest BCUT2D eigenvalue weighted by Crippen LogP contribution is -2.46. The topological polar surface area (TPSA) is 74.5 Å². The molecule has 1 aliphatic rings. The Balaban J connectivity index is 1.58. The van der Waals surface area contributed by atoms with E-state index in [1.54, 1.807) is 11.3 Å². The van der Waals surface area contributed by atoms with Gasteiger partial charge in [0.2, 0.25) is 0 Å². The molecule has 0 saturated carbocycles. The number of carbonyl (C=O) groups is 1. The summed E-state index contributed by atoms with van der Waals surface area (Å²) < 4.78 is 0. The van der Waals surface area contributed by atoms with Crippen LogP contribution in [0.1, 0.15) is 15.2 Å². The maximum absolute atomic E-state index is 11.7. The van der Waals surface area contributed by atoms with E-state index >= 15 is 0 Å². The van der Waals surface area contributed by atoms with Crippen LogP contribution in [0.2, 0.25) is 0 Å². The molecule has 3 heterocycles. The van der Waals surface area contributed by atoms with Crippen LogP contribution in [0.4, 0.5) is 5.13 Å². The Morgan fingerprint density at radius 2 is 2.10 bits per heavy atom. The van der Waals surface area contributed by atoms with E-state index < -0.39 is 0 Å². The number of thiophene rings is 1. The standard InChI is InChI=1S/C13H17N5OS2/c14-16-12(19)11-10(1-7-20-11)9-17-3-5-18(6-4-17)13-15-2-8-21-13/h1-2,7-8H,3-6,9,14H2,(H,16,19). The van der Waals surface area contributed by atoms with Gasteiger partial charge < -0.3 is 4.90 Å². The van der Waals surface area contributed by atoms with Crippen LogP contribution in [0.15, 0.2) is 23.0 Å². The number of thiazole rings is 1. The molecule has 3 rings (SSSR count). The Morgan fingerprint density at radius 3 is 2.76 bits per heavy atom. The lowest BCUT2D eigenvalue weighted by molar-refractivity contribution is 0.0955. The van der Waals surface area contributed by atoms with Crippen molar-refractivity contribution in [2.24, 2.45) is 5.84 Å². The molecule has 21 heavy (non-hydrogen) atoms. The third-order valence-electron chi connectivity index (χ3n) is 3.54. The van der Waals surface area contributed by atoms with E-state index in [1.165, 1.54) is 11.3 Å². The average molecular weight is 323 g/mol. The smallest absolute Gasteiger partial charge is 0.275 e. The second kappa shape index (κ2) is 6.52. The van der Waals surface area contributed by atoms with Gasteiger partial charge in [-0.1, -0.05) is 0 Å². The summed E-state index contributed by atoms with van der Waals surface area (Å²) in [6.07, 6.45) is 1.84. The number of nitrogens with one attached hydrogen (secondary N) is 1. The van der Waals surface area contributed by atoms with Crippen LogP contribution in [0.5, 0.6) is 0 Å². The number of hydrogen-bond donors (Lipinski definition) is 2. The second-order valence-electron chi connectivity index (χ2n) is 4.83.